The highest BCUT2D eigenvalue weighted by molar-refractivity contribution is 5.74. The minimum Gasteiger partial charge on any atom is -0.481 e. The normalized spacial score (nSPS) is 22.9. The van der Waals surface area contributed by atoms with Crippen molar-refractivity contribution in [3.8, 4) is 0 Å². The van der Waals surface area contributed by atoms with Crippen molar-refractivity contribution in [3.63, 3.8) is 0 Å². The van der Waals surface area contributed by atoms with Gasteiger partial charge in [0.15, 0.2) is 0 Å². The first-order valence-electron chi connectivity index (χ1n) is 8.17. The summed E-state index contributed by atoms with van der Waals surface area (Å²) in [6, 6.07) is -0.154. The van der Waals surface area contributed by atoms with Crippen LogP contribution in [0, 0.1) is 10.8 Å². The van der Waals surface area contributed by atoms with Crippen LogP contribution in [0.4, 0.5) is 4.79 Å². The molecule has 0 aromatic rings. The molecule has 0 aliphatic heterocycles. The standard InChI is InChI=1S/C16H28N2O3/c1-15(6-5-7-15)11-17-14(21)18-12-16(10-13(19)20)8-3-2-4-9-16/h2-12H2,1H3,(H,19,20)(H2,17,18,21). The summed E-state index contributed by atoms with van der Waals surface area (Å²) in [4.78, 5) is 23.0. The SMILES string of the molecule is CC1(CNC(=O)NCC2(CC(=O)O)CCCCC2)CCC1. The van der Waals surface area contributed by atoms with Gasteiger partial charge in [-0.25, -0.2) is 4.79 Å². The van der Waals surface area contributed by atoms with Crippen LogP contribution in [0.5, 0.6) is 0 Å². The average Bonchev–Trinajstić information content (AvgIpc) is 2.41. The number of amides is 2. The molecule has 2 aliphatic carbocycles. The van der Waals surface area contributed by atoms with Gasteiger partial charge in [0.1, 0.15) is 0 Å². The number of hydrogen-bond acceptors (Lipinski definition) is 2. The first-order valence-corrected chi connectivity index (χ1v) is 8.17. The molecule has 2 rings (SSSR count). The van der Waals surface area contributed by atoms with Crippen LogP contribution in [-0.2, 0) is 4.79 Å². The second-order valence-electron chi connectivity index (χ2n) is 7.33. The second-order valence-corrected chi connectivity index (χ2v) is 7.33. The molecule has 0 unspecified atom stereocenters. The van der Waals surface area contributed by atoms with E-state index in [0.717, 1.165) is 25.7 Å². The van der Waals surface area contributed by atoms with Gasteiger partial charge in [-0.3, -0.25) is 4.79 Å². The summed E-state index contributed by atoms with van der Waals surface area (Å²) in [5, 5.41) is 15.0. The van der Waals surface area contributed by atoms with Gasteiger partial charge in [0.25, 0.3) is 0 Å². The third-order valence-electron chi connectivity index (χ3n) is 5.30. The molecule has 2 fully saturated rings. The minimum atomic E-state index is -0.763. The van der Waals surface area contributed by atoms with E-state index in [1.54, 1.807) is 0 Å². The summed E-state index contributed by atoms with van der Waals surface area (Å²) in [5.41, 5.74) is 0.0166. The van der Waals surface area contributed by atoms with Gasteiger partial charge in [-0.15, -0.1) is 0 Å². The van der Waals surface area contributed by atoms with Crippen LogP contribution in [0.1, 0.15) is 64.7 Å². The van der Waals surface area contributed by atoms with Crippen LogP contribution in [0.2, 0.25) is 0 Å². The Morgan fingerprint density at radius 2 is 1.57 bits per heavy atom. The quantitative estimate of drug-likeness (QED) is 0.705. The predicted octanol–water partition coefficient (Wildman–Crippen LogP) is 2.90. The van der Waals surface area contributed by atoms with E-state index < -0.39 is 5.97 Å². The van der Waals surface area contributed by atoms with E-state index in [1.807, 2.05) is 0 Å². The maximum absolute atomic E-state index is 11.9. The number of carboxylic acid groups (broad SMARTS) is 1. The molecule has 5 heteroatoms. The molecular formula is C16H28N2O3. The third-order valence-corrected chi connectivity index (χ3v) is 5.30. The fourth-order valence-electron chi connectivity index (χ4n) is 3.62. The summed E-state index contributed by atoms with van der Waals surface area (Å²) >= 11 is 0. The fourth-order valence-corrected chi connectivity index (χ4v) is 3.62. The second kappa shape index (κ2) is 6.67. The number of carbonyl (C=O) groups is 2. The van der Waals surface area contributed by atoms with Crippen molar-refractivity contribution in [2.24, 2.45) is 10.8 Å². The van der Waals surface area contributed by atoms with Gasteiger partial charge in [-0.1, -0.05) is 32.6 Å². The van der Waals surface area contributed by atoms with E-state index in [1.165, 1.54) is 25.7 Å². The number of aliphatic carboxylic acids is 1. The molecule has 0 radical (unpaired) electrons. The first kappa shape index (κ1) is 16.1. The molecule has 0 spiro atoms. The van der Waals surface area contributed by atoms with Crippen molar-refractivity contribution in [1.29, 1.82) is 0 Å². The van der Waals surface area contributed by atoms with Gasteiger partial charge in [0.2, 0.25) is 0 Å². The van der Waals surface area contributed by atoms with E-state index in [2.05, 4.69) is 17.6 Å². The number of nitrogens with one attached hydrogen (secondary N) is 2. The van der Waals surface area contributed by atoms with E-state index in [-0.39, 0.29) is 23.3 Å². The Hall–Kier alpha value is -1.26. The Bertz CT molecular complexity index is 385. The molecule has 0 aromatic heterocycles. The highest BCUT2D eigenvalue weighted by Crippen LogP contribution is 2.40. The van der Waals surface area contributed by atoms with Crippen LogP contribution in [0.15, 0.2) is 0 Å². The summed E-state index contributed by atoms with van der Waals surface area (Å²) in [6.07, 6.45) is 8.86. The lowest BCUT2D eigenvalue weighted by Gasteiger charge is -2.39. The lowest BCUT2D eigenvalue weighted by Crippen LogP contribution is -2.47. The van der Waals surface area contributed by atoms with Gasteiger partial charge >= 0.3 is 12.0 Å². The first-order chi connectivity index (χ1) is 9.93. The number of carbonyl (C=O) groups excluding carboxylic acids is 1. The summed E-state index contributed by atoms with van der Waals surface area (Å²) in [7, 11) is 0. The van der Waals surface area contributed by atoms with Gasteiger partial charge < -0.3 is 15.7 Å². The third kappa shape index (κ3) is 4.61. The number of urea groups is 1. The monoisotopic (exact) mass is 296 g/mol. The predicted molar refractivity (Wildman–Crippen MR) is 81.1 cm³/mol. The Morgan fingerprint density at radius 3 is 2.10 bits per heavy atom. The Balaban J connectivity index is 1.77. The van der Waals surface area contributed by atoms with Crippen LogP contribution < -0.4 is 10.6 Å². The van der Waals surface area contributed by atoms with E-state index in [0.29, 0.717) is 13.1 Å². The van der Waals surface area contributed by atoms with Gasteiger partial charge in [0.05, 0.1) is 6.42 Å². The number of carboxylic acids is 1. The van der Waals surface area contributed by atoms with E-state index >= 15 is 0 Å². The molecule has 2 amide bonds. The summed E-state index contributed by atoms with van der Waals surface area (Å²) in [6.45, 7) is 3.39. The minimum absolute atomic E-state index is 0.154. The van der Waals surface area contributed by atoms with E-state index in [9.17, 15) is 9.59 Å². The largest absolute Gasteiger partial charge is 0.481 e. The molecule has 0 bridgehead atoms. The van der Waals surface area contributed by atoms with Crippen LogP contribution in [-0.4, -0.2) is 30.2 Å². The van der Waals surface area contributed by atoms with E-state index in [4.69, 9.17) is 5.11 Å². The summed E-state index contributed by atoms with van der Waals surface area (Å²) < 4.78 is 0. The highest BCUT2D eigenvalue weighted by Gasteiger charge is 2.35. The zero-order valence-corrected chi connectivity index (χ0v) is 13.0. The molecule has 0 saturated heterocycles. The Labute approximate surface area is 126 Å². The molecule has 0 heterocycles. The molecule has 21 heavy (non-hydrogen) atoms. The topological polar surface area (TPSA) is 78.4 Å². The molecule has 0 aromatic carbocycles. The molecule has 2 aliphatic rings. The highest BCUT2D eigenvalue weighted by atomic mass is 16.4. The lowest BCUT2D eigenvalue weighted by atomic mass is 9.70. The molecule has 0 atom stereocenters. The smallest absolute Gasteiger partial charge is 0.314 e. The molecule has 3 N–H and O–H groups in total. The fraction of sp³-hybridized carbons (Fsp3) is 0.875. The van der Waals surface area contributed by atoms with Crippen LogP contribution >= 0.6 is 0 Å². The molecule has 120 valence electrons. The van der Waals surface area contributed by atoms with Crippen molar-refractivity contribution >= 4 is 12.0 Å². The van der Waals surface area contributed by atoms with Crippen molar-refractivity contribution in [3.05, 3.63) is 0 Å². The van der Waals surface area contributed by atoms with Crippen molar-refractivity contribution in [1.82, 2.24) is 10.6 Å². The Kier molecular flexibility index (Phi) is 5.12. The Morgan fingerprint density at radius 1 is 0.952 bits per heavy atom. The van der Waals surface area contributed by atoms with Crippen molar-refractivity contribution in [2.75, 3.05) is 13.1 Å². The maximum Gasteiger partial charge on any atom is 0.314 e. The van der Waals surface area contributed by atoms with Gasteiger partial charge in [-0.2, -0.15) is 0 Å². The summed E-state index contributed by atoms with van der Waals surface area (Å²) in [5.74, 6) is -0.763. The van der Waals surface area contributed by atoms with Crippen molar-refractivity contribution < 1.29 is 14.7 Å². The average molecular weight is 296 g/mol. The molecule has 5 nitrogen and oxygen atoms in total. The molecular weight excluding hydrogens is 268 g/mol. The van der Waals surface area contributed by atoms with Crippen LogP contribution in [0.3, 0.4) is 0 Å². The molecule has 2 saturated carbocycles. The maximum atomic E-state index is 11.9. The van der Waals surface area contributed by atoms with Crippen molar-refractivity contribution in [2.45, 2.75) is 64.7 Å². The number of rotatable bonds is 6. The zero-order chi connectivity index (χ0) is 15.3. The lowest BCUT2D eigenvalue weighted by molar-refractivity contribution is -0.140. The van der Waals surface area contributed by atoms with Crippen LogP contribution in [0.25, 0.3) is 0 Å². The van der Waals surface area contributed by atoms with Gasteiger partial charge in [0, 0.05) is 13.1 Å². The zero-order valence-electron chi connectivity index (χ0n) is 13.0. The van der Waals surface area contributed by atoms with Gasteiger partial charge in [-0.05, 0) is 36.5 Å². The number of hydrogen-bond donors (Lipinski definition) is 3.